The van der Waals surface area contributed by atoms with Crippen LogP contribution in [-0.2, 0) is 0 Å². The molecule has 0 atom stereocenters. The van der Waals surface area contributed by atoms with E-state index in [-0.39, 0.29) is 0 Å². The third kappa shape index (κ3) is 3.78. The topological polar surface area (TPSA) is 31.2 Å². The van der Waals surface area contributed by atoms with Gasteiger partial charge in [-0.05, 0) is 98.4 Å². The molecule has 0 amide bonds. The van der Waals surface area contributed by atoms with Gasteiger partial charge in [-0.15, -0.1) is 0 Å². The summed E-state index contributed by atoms with van der Waals surface area (Å²) in [7, 11) is 0. The molecule has 0 saturated heterocycles. The summed E-state index contributed by atoms with van der Waals surface area (Å²) in [5.41, 5.74) is 10.9. The van der Waals surface area contributed by atoms with Crippen LogP contribution in [0.2, 0.25) is 0 Å². The van der Waals surface area contributed by atoms with Gasteiger partial charge in [0, 0.05) is 38.7 Å². The molecule has 8 aromatic carbocycles. The highest BCUT2D eigenvalue weighted by molar-refractivity contribution is 6.23. The van der Waals surface area contributed by atoms with Crippen molar-refractivity contribution in [3.63, 3.8) is 0 Å². The lowest BCUT2D eigenvalue weighted by Gasteiger charge is -2.18. The van der Waals surface area contributed by atoms with E-state index in [4.69, 9.17) is 8.83 Å². The minimum atomic E-state index is 0.835. The number of nitrogens with zero attached hydrogens (tertiary/aromatic N) is 1. The Hall–Kier alpha value is -6.58. The van der Waals surface area contributed by atoms with E-state index in [9.17, 15) is 0 Å². The number of benzene rings is 8. The van der Waals surface area contributed by atoms with Crippen LogP contribution in [0.1, 0.15) is 0 Å². The average Bonchev–Trinajstić information content (AvgIpc) is 3.86. The predicted octanol–water partition coefficient (Wildman–Crippen LogP) is 13.1. The second-order valence-corrected chi connectivity index (χ2v) is 12.9. The summed E-state index contributed by atoms with van der Waals surface area (Å²) in [5, 5.41) is 10.7. The molecule has 0 N–H and O–H groups in total. The maximum absolute atomic E-state index is 6.46. The first-order valence-corrected chi connectivity index (χ1v) is 16.7. The fraction of sp³-hybridized carbons (Fsp3) is 0. The van der Waals surface area contributed by atoms with Crippen LogP contribution in [0.25, 0.3) is 104 Å². The number of rotatable bonds is 3. The molecule has 3 aromatic heterocycles. The highest BCUT2D eigenvalue weighted by atomic mass is 16.3. The lowest BCUT2D eigenvalue weighted by Crippen LogP contribution is -1.93. The standard InChI is InChI=1S/C46H27NO2/c1-2-10-31(11-3-1)47-40-17-9-8-12-32(40)38-25-29(19-21-41(38)47)45-34-13-4-6-15-36(34)46(37-16-7-5-14-35(37)45)30-18-20-33-39-24-28-22-23-48-42(28)27-44(39)49-43(33)26-30/h1-27H. The van der Waals surface area contributed by atoms with Crippen molar-refractivity contribution in [1.82, 2.24) is 4.57 Å². The molecule has 11 rings (SSSR count). The van der Waals surface area contributed by atoms with Gasteiger partial charge in [0.2, 0.25) is 0 Å². The van der Waals surface area contributed by atoms with Crippen molar-refractivity contribution in [2.75, 3.05) is 0 Å². The van der Waals surface area contributed by atoms with E-state index in [1.807, 2.05) is 12.1 Å². The van der Waals surface area contributed by atoms with Gasteiger partial charge in [-0.3, -0.25) is 0 Å². The highest BCUT2D eigenvalue weighted by Crippen LogP contribution is 2.46. The Labute approximate surface area is 280 Å². The molecule has 0 aliphatic heterocycles. The molecule has 228 valence electrons. The lowest BCUT2D eigenvalue weighted by atomic mass is 9.85. The van der Waals surface area contributed by atoms with E-state index < -0.39 is 0 Å². The average molecular weight is 626 g/mol. The zero-order chi connectivity index (χ0) is 32.1. The summed E-state index contributed by atoms with van der Waals surface area (Å²) >= 11 is 0. The van der Waals surface area contributed by atoms with Gasteiger partial charge in [0.15, 0.2) is 0 Å². The van der Waals surface area contributed by atoms with Crippen LogP contribution in [0, 0.1) is 0 Å². The van der Waals surface area contributed by atoms with Crippen molar-refractivity contribution in [3.05, 3.63) is 164 Å². The summed E-state index contributed by atoms with van der Waals surface area (Å²) < 4.78 is 14.5. The van der Waals surface area contributed by atoms with Crippen LogP contribution < -0.4 is 0 Å². The van der Waals surface area contributed by atoms with E-state index in [0.717, 1.165) is 44.2 Å². The summed E-state index contributed by atoms with van der Waals surface area (Å²) in [4.78, 5) is 0. The van der Waals surface area contributed by atoms with Crippen LogP contribution in [0.3, 0.4) is 0 Å². The molecule has 0 aliphatic carbocycles. The number of aromatic nitrogens is 1. The van der Waals surface area contributed by atoms with Gasteiger partial charge in [-0.2, -0.15) is 0 Å². The molecular formula is C46H27NO2. The maximum Gasteiger partial charge on any atom is 0.139 e. The van der Waals surface area contributed by atoms with E-state index in [1.165, 1.54) is 60.0 Å². The molecule has 0 saturated carbocycles. The largest absolute Gasteiger partial charge is 0.464 e. The van der Waals surface area contributed by atoms with Gasteiger partial charge >= 0.3 is 0 Å². The SMILES string of the molecule is c1ccc(-n2c3ccccc3c3cc(-c4c5ccccc5c(-c5ccc6c(c5)oc5cc7occc7cc56)c5ccccc45)ccc32)cc1. The first-order chi connectivity index (χ1) is 24.3. The van der Waals surface area contributed by atoms with E-state index in [1.54, 1.807) is 6.26 Å². The first kappa shape index (κ1) is 26.5. The summed E-state index contributed by atoms with van der Waals surface area (Å²) in [5.74, 6) is 0. The van der Waals surface area contributed by atoms with Crippen molar-refractivity contribution < 1.29 is 8.83 Å². The Kier molecular flexibility index (Phi) is 5.38. The zero-order valence-electron chi connectivity index (χ0n) is 26.4. The van der Waals surface area contributed by atoms with Crippen LogP contribution in [0.4, 0.5) is 0 Å². The third-order valence-corrected chi connectivity index (χ3v) is 10.2. The highest BCUT2D eigenvalue weighted by Gasteiger charge is 2.20. The molecule has 0 unspecified atom stereocenters. The quantitative estimate of drug-likeness (QED) is 0.183. The molecular weight excluding hydrogens is 599 g/mol. The van der Waals surface area contributed by atoms with E-state index >= 15 is 0 Å². The smallest absolute Gasteiger partial charge is 0.139 e. The third-order valence-electron chi connectivity index (χ3n) is 10.2. The molecule has 3 heteroatoms. The van der Waals surface area contributed by atoms with Crippen molar-refractivity contribution in [1.29, 1.82) is 0 Å². The summed E-state index contributed by atoms with van der Waals surface area (Å²) in [6.07, 6.45) is 1.73. The summed E-state index contributed by atoms with van der Waals surface area (Å²) in [6, 6.07) is 56.8. The molecule has 3 heterocycles. The molecule has 0 spiro atoms. The monoisotopic (exact) mass is 625 g/mol. The Morgan fingerprint density at radius 2 is 0.959 bits per heavy atom. The van der Waals surface area contributed by atoms with Crippen LogP contribution in [0.5, 0.6) is 0 Å². The molecule has 3 nitrogen and oxygen atoms in total. The molecule has 0 aliphatic rings. The van der Waals surface area contributed by atoms with Crippen molar-refractivity contribution in [2.45, 2.75) is 0 Å². The number of furan rings is 2. The van der Waals surface area contributed by atoms with E-state index in [0.29, 0.717) is 0 Å². The first-order valence-electron chi connectivity index (χ1n) is 16.7. The Bertz CT molecular complexity index is 3050. The lowest BCUT2D eigenvalue weighted by molar-refractivity contribution is 0.613. The van der Waals surface area contributed by atoms with Gasteiger partial charge in [-0.1, -0.05) is 97.1 Å². The Morgan fingerprint density at radius 1 is 0.367 bits per heavy atom. The number of para-hydroxylation sites is 2. The molecule has 49 heavy (non-hydrogen) atoms. The van der Waals surface area contributed by atoms with Crippen molar-refractivity contribution >= 4 is 76.3 Å². The minimum absolute atomic E-state index is 0.835. The molecule has 0 fully saturated rings. The predicted molar refractivity (Wildman–Crippen MR) is 204 cm³/mol. The molecule has 11 aromatic rings. The normalized spacial score (nSPS) is 12.1. The van der Waals surface area contributed by atoms with Crippen molar-refractivity contribution in [3.8, 4) is 27.9 Å². The molecule has 0 radical (unpaired) electrons. The second kappa shape index (κ2) is 9.96. The van der Waals surface area contributed by atoms with Crippen molar-refractivity contribution in [2.24, 2.45) is 0 Å². The second-order valence-electron chi connectivity index (χ2n) is 12.9. The maximum atomic E-state index is 6.46. The molecule has 0 bridgehead atoms. The van der Waals surface area contributed by atoms with Crippen LogP contribution in [-0.4, -0.2) is 4.57 Å². The van der Waals surface area contributed by atoms with Crippen LogP contribution >= 0.6 is 0 Å². The number of fused-ring (bicyclic) bond motifs is 9. The zero-order valence-corrected chi connectivity index (χ0v) is 26.4. The van der Waals surface area contributed by atoms with Gasteiger partial charge in [0.05, 0.1) is 17.3 Å². The number of hydrogen-bond acceptors (Lipinski definition) is 2. The Morgan fingerprint density at radius 3 is 1.69 bits per heavy atom. The van der Waals surface area contributed by atoms with Gasteiger partial charge in [-0.25, -0.2) is 0 Å². The van der Waals surface area contributed by atoms with Gasteiger partial charge in [0.25, 0.3) is 0 Å². The van der Waals surface area contributed by atoms with E-state index in [2.05, 4.69) is 150 Å². The summed E-state index contributed by atoms with van der Waals surface area (Å²) in [6.45, 7) is 0. The van der Waals surface area contributed by atoms with Gasteiger partial charge in [0.1, 0.15) is 16.7 Å². The fourth-order valence-electron chi connectivity index (χ4n) is 8.12. The van der Waals surface area contributed by atoms with Gasteiger partial charge < -0.3 is 13.4 Å². The minimum Gasteiger partial charge on any atom is -0.464 e. The fourth-order valence-corrected chi connectivity index (χ4v) is 8.12. The number of hydrogen-bond donors (Lipinski definition) is 0. The van der Waals surface area contributed by atoms with Crippen LogP contribution in [0.15, 0.2) is 173 Å². The Balaban J connectivity index is 1.17.